The molecule has 3 rings (SSSR count). The van der Waals surface area contributed by atoms with Gasteiger partial charge in [-0.05, 0) is 37.3 Å². The van der Waals surface area contributed by atoms with Gasteiger partial charge in [0, 0.05) is 22.1 Å². The van der Waals surface area contributed by atoms with Crippen LogP contribution in [0.5, 0.6) is 0 Å². The average molecular weight is 357 g/mol. The fourth-order valence-corrected chi connectivity index (χ4v) is 4.23. The van der Waals surface area contributed by atoms with E-state index in [4.69, 9.17) is 0 Å². The Hall–Kier alpha value is -2.31. The number of aryl methyl sites for hydroxylation is 1. The first-order chi connectivity index (χ1) is 11.5. The Bertz CT molecular complexity index is 1010. The van der Waals surface area contributed by atoms with Crippen molar-refractivity contribution in [1.82, 2.24) is 3.97 Å². The van der Waals surface area contributed by atoms with Gasteiger partial charge in [0.25, 0.3) is 15.6 Å². The highest BCUT2D eigenvalue weighted by atomic mass is 32.2. The molecule has 0 saturated carbocycles. The minimum absolute atomic E-state index is 0.0960. The van der Waals surface area contributed by atoms with Crippen molar-refractivity contribution in [3.63, 3.8) is 0 Å². The Balaban J connectivity index is 1.95. The third-order valence-corrected chi connectivity index (χ3v) is 6.10. The fraction of sp³-hybridized carbons (Fsp3) is 0.0556. The lowest BCUT2D eigenvalue weighted by Gasteiger charge is -2.09. The van der Waals surface area contributed by atoms with E-state index in [9.17, 15) is 13.2 Å². The average Bonchev–Trinajstić information content (AvgIpc) is 2.56. The number of rotatable bonds is 4. The predicted molar refractivity (Wildman–Crippen MR) is 95.0 cm³/mol. The number of hydrogen-bond donors (Lipinski definition) is 0. The van der Waals surface area contributed by atoms with Crippen LogP contribution in [-0.2, 0) is 10.0 Å². The van der Waals surface area contributed by atoms with Gasteiger partial charge >= 0.3 is 0 Å². The predicted octanol–water partition coefficient (Wildman–Crippen LogP) is 3.54. The smallest absolute Gasteiger partial charge is 0.268 e. The molecule has 0 bridgehead atoms. The van der Waals surface area contributed by atoms with Gasteiger partial charge < -0.3 is 0 Å². The summed E-state index contributed by atoms with van der Waals surface area (Å²) in [4.78, 5) is 14.1. The molecule has 3 aromatic rings. The van der Waals surface area contributed by atoms with Gasteiger partial charge in [-0.1, -0.05) is 47.7 Å². The van der Waals surface area contributed by atoms with Crippen LogP contribution < -0.4 is 5.56 Å². The summed E-state index contributed by atoms with van der Waals surface area (Å²) in [5.74, 6) is 0. The van der Waals surface area contributed by atoms with Crippen LogP contribution in [0.25, 0.3) is 0 Å². The molecular weight excluding hydrogens is 342 g/mol. The zero-order valence-corrected chi connectivity index (χ0v) is 14.5. The molecule has 0 radical (unpaired) electrons. The molecule has 1 aromatic heterocycles. The Morgan fingerprint density at radius 1 is 0.875 bits per heavy atom. The van der Waals surface area contributed by atoms with Gasteiger partial charge in [0.1, 0.15) is 0 Å². The van der Waals surface area contributed by atoms with E-state index >= 15 is 0 Å². The summed E-state index contributed by atoms with van der Waals surface area (Å²) in [5, 5.41) is 0. The molecule has 6 heteroatoms. The van der Waals surface area contributed by atoms with Gasteiger partial charge in [-0.3, -0.25) is 4.79 Å². The zero-order valence-electron chi connectivity index (χ0n) is 12.9. The van der Waals surface area contributed by atoms with Gasteiger partial charge in [-0.25, -0.2) is 12.4 Å². The third-order valence-electron chi connectivity index (χ3n) is 3.41. The lowest BCUT2D eigenvalue weighted by atomic mass is 10.2. The highest BCUT2D eigenvalue weighted by molar-refractivity contribution is 7.99. The van der Waals surface area contributed by atoms with Crippen molar-refractivity contribution in [3.05, 3.63) is 88.8 Å². The highest BCUT2D eigenvalue weighted by Crippen LogP contribution is 2.26. The van der Waals surface area contributed by atoms with Gasteiger partial charge in [-0.2, -0.15) is 0 Å². The van der Waals surface area contributed by atoms with E-state index in [0.717, 1.165) is 14.4 Å². The number of nitrogens with zero attached hydrogens (tertiary/aromatic N) is 1. The lowest BCUT2D eigenvalue weighted by Crippen LogP contribution is -2.26. The van der Waals surface area contributed by atoms with E-state index < -0.39 is 15.6 Å². The maximum absolute atomic E-state index is 12.6. The summed E-state index contributed by atoms with van der Waals surface area (Å²) >= 11 is 1.41. The Morgan fingerprint density at radius 2 is 1.54 bits per heavy atom. The molecule has 0 unspecified atom stereocenters. The van der Waals surface area contributed by atoms with Crippen molar-refractivity contribution in [2.24, 2.45) is 0 Å². The van der Waals surface area contributed by atoms with Gasteiger partial charge in [0.15, 0.2) is 0 Å². The van der Waals surface area contributed by atoms with Crippen LogP contribution in [-0.4, -0.2) is 12.4 Å². The van der Waals surface area contributed by atoms with Crippen LogP contribution in [0.4, 0.5) is 0 Å². The van der Waals surface area contributed by atoms with Crippen molar-refractivity contribution >= 4 is 21.8 Å². The largest absolute Gasteiger partial charge is 0.270 e. The maximum Gasteiger partial charge on any atom is 0.270 e. The summed E-state index contributed by atoms with van der Waals surface area (Å²) in [6, 6.07) is 19.0. The van der Waals surface area contributed by atoms with Crippen molar-refractivity contribution < 1.29 is 8.42 Å². The van der Waals surface area contributed by atoms with Crippen molar-refractivity contribution in [2.75, 3.05) is 0 Å². The summed E-state index contributed by atoms with van der Waals surface area (Å²) in [5.41, 5.74) is 0.382. The molecule has 0 N–H and O–H groups in total. The molecule has 0 aliphatic carbocycles. The van der Waals surface area contributed by atoms with E-state index in [1.165, 1.54) is 36.2 Å². The van der Waals surface area contributed by atoms with Crippen LogP contribution in [0.2, 0.25) is 0 Å². The number of aromatic nitrogens is 1. The first-order valence-corrected chi connectivity index (χ1v) is 9.50. The second kappa shape index (κ2) is 6.67. The Kier molecular flexibility index (Phi) is 4.59. The summed E-state index contributed by atoms with van der Waals surface area (Å²) in [7, 11) is -3.88. The SMILES string of the molecule is Cc1ccc(S(=O)(=O)n2ccc(Sc3ccccc3)cc2=O)cc1. The van der Waals surface area contributed by atoms with Crippen molar-refractivity contribution in [2.45, 2.75) is 21.6 Å². The first kappa shape index (κ1) is 16.5. The molecule has 4 nitrogen and oxygen atoms in total. The quantitative estimate of drug-likeness (QED) is 0.717. The molecule has 2 aromatic carbocycles. The van der Waals surface area contributed by atoms with Crippen molar-refractivity contribution in [3.8, 4) is 0 Å². The van der Waals surface area contributed by atoms with E-state index in [-0.39, 0.29) is 4.90 Å². The Labute approximate surface area is 144 Å². The zero-order chi connectivity index (χ0) is 17.2. The molecular formula is C18H15NO3S2. The second-order valence-electron chi connectivity index (χ2n) is 5.23. The number of pyridine rings is 1. The summed E-state index contributed by atoms with van der Waals surface area (Å²) in [6.07, 6.45) is 1.31. The van der Waals surface area contributed by atoms with Crippen LogP contribution in [0.1, 0.15) is 5.56 Å². The molecule has 0 fully saturated rings. The van der Waals surface area contributed by atoms with Crippen LogP contribution in [0.15, 0.2) is 92.4 Å². The summed E-state index contributed by atoms with van der Waals surface area (Å²) < 4.78 is 26.0. The van der Waals surface area contributed by atoms with Crippen LogP contribution in [0.3, 0.4) is 0 Å². The maximum atomic E-state index is 12.6. The van der Waals surface area contributed by atoms with E-state index in [1.807, 2.05) is 37.3 Å². The standard InChI is InChI=1S/C18H15NO3S2/c1-14-7-9-17(10-8-14)24(21,22)19-12-11-16(13-18(19)20)23-15-5-3-2-4-6-15/h2-13H,1H3. The van der Waals surface area contributed by atoms with Crippen LogP contribution in [0, 0.1) is 6.92 Å². The highest BCUT2D eigenvalue weighted by Gasteiger charge is 2.18. The van der Waals surface area contributed by atoms with Gasteiger partial charge in [0.05, 0.1) is 4.90 Å². The van der Waals surface area contributed by atoms with Gasteiger partial charge in [0.2, 0.25) is 0 Å². The first-order valence-electron chi connectivity index (χ1n) is 7.25. The molecule has 0 atom stereocenters. The van der Waals surface area contributed by atoms with E-state index in [1.54, 1.807) is 18.2 Å². The van der Waals surface area contributed by atoms with Crippen LogP contribution >= 0.6 is 11.8 Å². The molecule has 122 valence electrons. The molecule has 24 heavy (non-hydrogen) atoms. The lowest BCUT2D eigenvalue weighted by molar-refractivity contribution is 0.585. The molecule has 0 amide bonds. The number of hydrogen-bond acceptors (Lipinski definition) is 4. The Morgan fingerprint density at radius 3 is 2.17 bits per heavy atom. The molecule has 0 saturated heterocycles. The number of benzene rings is 2. The normalized spacial score (nSPS) is 11.4. The molecule has 0 aliphatic heterocycles. The topological polar surface area (TPSA) is 56.1 Å². The van der Waals surface area contributed by atoms with Gasteiger partial charge in [-0.15, -0.1) is 0 Å². The molecule has 0 aliphatic rings. The van der Waals surface area contributed by atoms with Crippen molar-refractivity contribution in [1.29, 1.82) is 0 Å². The summed E-state index contributed by atoms with van der Waals surface area (Å²) in [6.45, 7) is 1.87. The fourth-order valence-electron chi connectivity index (χ4n) is 2.16. The minimum Gasteiger partial charge on any atom is -0.268 e. The monoisotopic (exact) mass is 357 g/mol. The molecule has 0 spiro atoms. The third kappa shape index (κ3) is 3.44. The van der Waals surface area contributed by atoms with E-state index in [0.29, 0.717) is 4.90 Å². The second-order valence-corrected chi connectivity index (χ2v) is 8.19. The van der Waals surface area contributed by atoms with E-state index in [2.05, 4.69) is 0 Å². The molecule has 1 heterocycles. The minimum atomic E-state index is -3.88.